The molecule has 22 rings (SSSR count). The highest BCUT2D eigenvalue weighted by Crippen LogP contribution is 2.51. The Morgan fingerprint density at radius 3 is 1.05 bits per heavy atom. The lowest BCUT2D eigenvalue weighted by Crippen LogP contribution is -2.20. The predicted molar refractivity (Wildman–Crippen MR) is 567 cm³/mol. The molecule has 16 heterocycles. The number of carbonyl (C=O) groups excluding carboxylic acids is 2. The Balaban J connectivity index is 0.000000128. The Hall–Kier alpha value is -12.1. The van der Waals surface area contributed by atoms with Crippen LogP contribution in [0.25, 0.3) is 89.7 Å². The number of carbonyl (C=O) groups is 2. The van der Waals surface area contributed by atoms with E-state index in [0.717, 1.165) is 175 Å². The number of imidazole rings is 4. The fourth-order valence-electron chi connectivity index (χ4n) is 18.2. The van der Waals surface area contributed by atoms with Crippen molar-refractivity contribution in [3.05, 3.63) is 196 Å². The van der Waals surface area contributed by atoms with Crippen LogP contribution in [-0.2, 0) is 82.8 Å². The molecule has 4 saturated heterocycles. The van der Waals surface area contributed by atoms with Crippen molar-refractivity contribution in [2.75, 3.05) is 73.1 Å². The van der Waals surface area contributed by atoms with Gasteiger partial charge >= 0.3 is 0 Å². The van der Waals surface area contributed by atoms with Crippen molar-refractivity contribution in [3.63, 3.8) is 0 Å². The number of halogens is 8. The van der Waals surface area contributed by atoms with Gasteiger partial charge in [0.2, 0.25) is 5.91 Å². The average Bonchev–Trinajstić information content (AvgIpc) is 1.58. The third-order valence-electron chi connectivity index (χ3n) is 25.8. The van der Waals surface area contributed by atoms with Crippen LogP contribution in [-0.4, -0.2) is 189 Å². The zero-order valence-corrected chi connectivity index (χ0v) is 89.4. The number of nitrogens with zero attached hydrogens (tertiary/aromatic N) is 20. The lowest BCUT2D eigenvalue weighted by Gasteiger charge is -2.25. The first-order chi connectivity index (χ1) is 70.5. The van der Waals surface area contributed by atoms with Gasteiger partial charge in [0.1, 0.15) is 97.4 Å². The number of rotatable bonds is 22. The van der Waals surface area contributed by atoms with E-state index >= 15 is 0 Å². The second kappa shape index (κ2) is 45.0. The van der Waals surface area contributed by atoms with E-state index < -0.39 is 61.5 Å². The standard InChI is InChI=1S/C28H30F2N6O4S.C23H25ClN6O3S.C23H25ClN6OS.C12H13Cl2N3O.C11H13N3S.C4H5F2NO/c1-16-31-26-22(33-21-8-7-17(12-24(21)41(3,38)39)20-9-10-35(2)34-20)13-18(14-23(37)19-15-28(19,29)30)32-27(26)36(16)25-6-4-5-11-40-25;1-14-25-22-18(13-20(24)27-23(22)30(14)21-6-4-5-11-33-21)26-17-8-7-15(12-19(17)34(3,31)32)16-9-10-29(2)28-16;1-14-25-22-18(13-20(24)27-23(22)30(14)21-6-4-5-11-31-21)26-17-8-7-15(12-19(17)32-3)16-9-10-29(2)28-16;1-7-15-11-8(13)6-9(14)16-12(11)17(7)10-4-2-3-5-18-10;1-14-6-5-10(13-14)8-3-4-9(12)11(7-8)15-2;5-4(6)1-2(4)3(7)8/h7-10,12-13,19,25H,4-6,11,14-15H2,1-3H3,(H,32,33);7-10,12-13,21H,4-6,11H2,1-3H3,(H,26,27);7-10,12-13,21H,4-6,11H2,1-3H3,(H,26,27);6,10H,2-5H2,1H3;3-7H,12H2,1-2H3;2H,1H2,(H2,7,8). The van der Waals surface area contributed by atoms with Crippen molar-refractivity contribution < 1.29 is 62.9 Å². The number of ether oxygens (including phenoxy) is 4. The number of sulfone groups is 2. The second-order valence-electron chi connectivity index (χ2n) is 37.0. The van der Waals surface area contributed by atoms with E-state index in [1.807, 2.05) is 135 Å². The Morgan fingerprint density at radius 1 is 0.412 bits per heavy atom. The summed E-state index contributed by atoms with van der Waals surface area (Å²) in [7, 11) is 0.183. The molecule has 47 heteroatoms. The molecule has 7 N–H and O–H groups in total. The van der Waals surface area contributed by atoms with Gasteiger partial charge in [-0.15, -0.1) is 23.5 Å². The number of hydrogen-bond donors (Lipinski definition) is 5. The van der Waals surface area contributed by atoms with E-state index in [1.54, 1.807) is 105 Å². The molecule has 6 aliphatic rings. The number of amides is 1. The van der Waals surface area contributed by atoms with Gasteiger partial charge in [-0.2, -0.15) is 20.4 Å². The second-order valence-corrected chi connectivity index (χ2v) is 44.2. The third-order valence-corrected chi connectivity index (χ3v) is 30.5. The molecule has 6 atom stereocenters. The molecule has 2 aliphatic carbocycles. The Labute approximate surface area is 879 Å². The summed E-state index contributed by atoms with van der Waals surface area (Å²) in [5.41, 5.74) is 26.8. The first kappa shape index (κ1) is 107. The Bertz CT molecular complexity index is 7900. The van der Waals surface area contributed by atoms with Crippen LogP contribution in [0.15, 0.2) is 166 Å². The summed E-state index contributed by atoms with van der Waals surface area (Å²) in [6.07, 6.45) is 24.3. The summed E-state index contributed by atoms with van der Waals surface area (Å²) in [6, 6.07) is 36.8. The lowest BCUT2D eigenvalue weighted by molar-refractivity contribution is -0.122. The molecule has 4 aromatic carbocycles. The van der Waals surface area contributed by atoms with Gasteiger partial charge in [-0.3, -0.25) is 46.6 Å². The first-order valence-electron chi connectivity index (χ1n) is 47.9. The summed E-state index contributed by atoms with van der Waals surface area (Å²) in [6.45, 7) is 10.5. The number of Topliss-reactive ketones (excluding diaryl/α,β-unsaturated/α-hetero) is 1. The highest BCUT2D eigenvalue weighted by Gasteiger charge is 2.61. The van der Waals surface area contributed by atoms with Crippen molar-refractivity contribution in [1.82, 2.24) is 97.3 Å². The van der Waals surface area contributed by atoms with E-state index in [9.17, 15) is 44.0 Å². The van der Waals surface area contributed by atoms with E-state index in [1.165, 1.54) is 6.26 Å². The van der Waals surface area contributed by atoms with Crippen LogP contribution >= 0.6 is 69.9 Å². The van der Waals surface area contributed by atoms with Crippen molar-refractivity contribution in [1.29, 1.82) is 0 Å². The number of alkyl halides is 4. The van der Waals surface area contributed by atoms with Gasteiger partial charge in [0.05, 0.1) is 83.3 Å². The molecule has 0 radical (unpaired) electrons. The smallest absolute Gasteiger partial charge is 0.260 e. The van der Waals surface area contributed by atoms with Crippen LogP contribution in [0, 0.1) is 39.5 Å². The quantitative estimate of drug-likeness (QED) is 0.0182. The number of primary amides is 1. The maximum Gasteiger partial charge on any atom is 0.260 e. The predicted octanol–water partition coefficient (Wildman–Crippen LogP) is 21.6. The number of nitrogens with two attached hydrogens (primary N) is 2. The number of benzene rings is 4. The molecule has 4 aliphatic heterocycles. The molecular formula is C101H111Cl4F4N25O10S4. The minimum absolute atomic E-state index is 0.00853. The van der Waals surface area contributed by atoms with Gasteiger partial charge in [0.25, 0.3) is 11.8 Å². The topological polar surface area (TPSA) is 422 Å². The van der Waals surface area contributed by atoms with Gasteiger partial charge in [0.15, 0.2) is 42.3 Å². The Kier molecular flexibility index (Phi) is 32.5. The van der Waals surface area contributed by atoms with Crippen molar-refractivity contribution >= 4 is 186 Å². The zero-order chi connectivity index (χ0) is 105. The van der Waals surface area contributed by atoms with Crippen LogP contribution in [0.4, 0.5) is 57.4 Å². The normalized spacial score (nSPS) is 18.4. The highest BCUT2D eigenvalue weighted by molar-refractivity contribution is 7.99. The molecular weight excluding hydrogens is 2070 g/mol. The Morgan fingerprint density at radius 2 is 0.730 bits per heavy atom. The number of ketones is 1. The average molecular weight is 2180 g/mol. The number of anilines is 7. The molecule has 0 spiro atoms. The number of fused-ring (bicyclic) bond motifs is 4. The van der Waals surface area contributed by atoms with Gasteiger partial charge in [-0.1, -0.05) is 70.7 Å². The molecule has 12 aromatic heterocycles. The fourth-order valence-corrected chi connectivity index (χ4v) is 21.9. The van der Waals surface area contributed by atoms with E-state index in [4.69, 9.17) is 86.0 Å². The minimum atomic E-state index is -3.69. The zero-order valence-electron chi connectivity index (χ0n) is 83.1. The maximum absolute atomic E-state index is 13.6. The van der Waals surface area contributed by atoms with E-state index in [-0.39, 0.29) is 58.4 Å². The van der Waals surface area contributed by atoms with Crippen molar-refractivity contribution in [2.45, 2.75) is 180 Å². The van der Waals surface area contributed by atoms with Gasteiger partial charge in [-0.05, 0) is 202 Å². The lowest BCUT2D eigenvalue weighted by atomic mass is 10.1. The number of nitrogen functional groups attached to an aromatic ring is 1. The minimum Gasteiger partial charge on any atom is -0.398 e. The monoisotopic (exact) mass is 2180 g/mol. The summed E-state index contributed by atoms with van der Waals surface area (Å²) < 4.78 is 140. The molecule has 2 saturated carbocycles. The number of pyridine rings is 4. The van der Waals surface area contributed by atoms with Crippen molar-refractivity contribution in [3.8, 4) is 45.0 Å². The molecule has 1 amide bonds. The molecule has 148 heavy (non-hydrogen) atoms. The van der Waals surface area contributed by atoms with Crippen LogP contribution in [0.2, 0.25) is 20.5 Å². The van der Waals surface area contributed by atoms with Crippen molar-refractivity contribution in [2.24, 2.45) is 45.8 Å². The number of aryl methyl sites for hydroxylation is 8. The molecule has 780 valence electrons. The van der Waals surface area contributed by atoms with Gasteiger partial charge < -0.3 is 46.4 Å². The van der Waals surface area contributed by atoms with Gasteiger partial charge in [-0.25, -0.2) is 74.3 Å². The summed E-state index contributed by atoms with van der Waals surface area (Å²) >= 11 is 28.3. The van der Waals surface area contributed by atoms with Gasteiger partial charge in [0, 0.05) is 161 Å². The summed E-state index contributed by atoms with van der Waals surface area (Å²) in [5.74, 6) is -6.60. The van der Waals surface area contributed by atoms with Crippen LogP contribution in [0.5, 0.6) is 0 Å². The number of nitrogens with one attached hydrogen (secondary N) is 3. The maximum atomic E-state index is 13.6. The summed E-state index contributed by atoms with van der Waals surface area (Å²) in [5, 5.41) is 29.2. The fraction of sp³-hybridized carbons (Fsp3) is 0.386. The van der Waals surface area contributed by atoms with Crippen LogP contribution in [0.1, 0.15) is 144 Å². The molecule has 0 bridgehead atoms. The number of hydrogen-bond acceptors (Lipinski definition) is 28. The molecule has 6 unspecified atom stereocenters. The molecule has 35 nitrogen and oxygen atoms in total. The number of aromatic nitrogens is 20. The molecule has 6 fully saturated rings. The largest absolute Gasteiger partial charge is 0.398 e. The third kappa shape index (κ3) is 24.6. The van der Waals surface area contributed by atoms with Crippen LogP contribution in [0.3, 0.4) is 0 Å². The first-order valence-corrected chi connectivity index (χ1v) is 55.6. The molecule has 16 aromatic rings. The number of thioether (sulfide) groups is 2. The highest BCUT2D eigenvalue weighted by atomic mass is 35.5. The SMILES string of the molecule is CSc1cc(-c2ccn(C)n2)ccc1N.CSc1cc(-c2ccn(C)n2)ccc1Nc1cc(Cl)nc2c1nc(C)n2C1CCCCO1.Cc1nc2c(Cl)cc(Cl)nc2n1C1CCCCO1.Cc1nc2c(Nc3ccc(-c4ccn(C)n4)cc3S(C)(=O)=O)cc(CC(=O)C3CC3(F)F)nc2n1C1CCCCO1.Cc1nc2c(Nc3ccc(-c4ccn(C)n4)cc3S(C)(=O)=O)cc(Cl)nc2n1C1CCCCO1.NC(=O)C1CC1(F)F. The van der Waals surface area contributed by atoms with E-state index in [0.29, 0.717) is 113 Å². The van der Waals surface area contributed by atoms with Crippen LogP contribution < -0.4 is 27.4 Å². The summed E-state index contributed by atoms with van der Waals surface area (Å²) in [4.78, 5) is 61.9. The van der Waals surface area contributed by atoms with E-state index in [2.05, 4.69) is 102 Å².